The Labute approximate surface area is 169 Å². The second-order valence-electron chi connectivity index (χ2n) is 9.58. The Balaban J connectivity index is 3.18. The zero-order chi connectivity index (χ0) is 21.8. The molecule has 0 radical (unpaired) electrons. The lowest BCUT2D eigenvalue weighted by Crippen LogP contribution is -2.55. The fourth-order valence-electron chi connectivity index (χ4n) is 2.42. The van der Waals surface area contributed by atoms with Crippen molar-refractivity contribution in [3.05, 3.63) is 35.9 Å². The van der Waals surface area contributed by atoms with Crippen LogP contribution in [0.15, 0.2) is 30.3 Å². The van der Waals surface area contributed by atoms with Crippen LogP contribution in [0.3, 0.4) is 0 Å². The second-order valence-corrected chi connectivity index (χ2v) is 14.3. The number of benzene rings is 1. The molecular weight excluding hydrogens is 377 g/mol. The maximum Gasteiger partial charge on any atom is 0.408 e. The number of nitrogens with one attached hydrogen (secondary N) is 1. The lowest BCUT2D eigenvalue weighted by molar-refractivity contribution is 0.0191. The van der Waals surface area contributed by atoms with Gasteiger partial charge in [0.2, 0.25) is 0 Å². The Hall–Kier alpha value is -1.44. The van der Waals surface area contributed by atoms with E-state index in [1.54, 1.807) is 51.1 Å². The summed E-state index contributed by atoms with van der Waals surface area (Å²) in [6, 6.07) is 7.47. The number of alkyl carbamates (subject to hydrolysis) is 1. The Morgan fingerprint density at radius 3 is 2.11 bits per heavy atom. The van der Waals surface area contributed by atoms with Crippen LogP contribution in [-0.4, -0.2) is 43.9 Å². The van der Waals surface area contributed by atoms with E-state index in [0.29, 0.717) is 5.56 Å². The van der Waals surface area contributed by atoms with Crippen molar-refractivity contribution in [1.29, 1.82) is 0 Å². The maximum atomic E-state index is 15.5. The van der Waals surface area contributed by atoms with Gasteiger partial charge in [-0.15, -0.1) is 0 Å². The van der Waals surface area contributed by atoms with Crippen molar-refractivity contribution in [2.24, 2.45) is 0 Å². The number of halogens is 1. The van der Waals surface area contributed by atoms with Gasteiger partial charge in [0.1, 0.15) is 11.8 Å². The Kier molecular flexibility index (Phi) is 8.23. The van der Waals surface area contributed by atoms with Gasteiger partial charge in [0.25, 0.3) is 0 Å². The molecular formula is C21H36FNO4Si. The summed E-state index contributed by atoms with van der Waals surface area (Å²) >= 11 is 0. The maximum absolute atomic E-state index is 15.5. The van der Waals surface area contributed by atoms with Crippen LogP contribution < -0.4 is 5.32 Å². The molecule has 3 atom stereocenters. The van der Waals surface area contributed by atoms with Gasteiger partial charge in [-0.2, -0.15) is 0 Å². The molecule has 160 valence electrons. The first-order valence-corrected chi connectivity index (χ1v) is 12.6. The van der Waals surface area contributed by atoms with E-state index in [0.717, 1.165) is 0 Å². The first-order valence-electron chi connectivity index (χ1n) is 9.65. The highest BCUT2D eigenvalue weighted by Gasteiger charge is 2.43. The van der Waals surface area contributed by atoms with E-state index in [1.807, 2.05) is 13.1 Å². The van der Waals surface area contributed by atoms with E-state index in [2.05, 4.69) is 26.1 Å². The Morgan fingerprint density at radius 1 is 1.14 bits per heavy atom. The quantitative estimate of drug-likeness (QED) is 0.619. The topological polar surface area (TPSA) is 67.8 Å². The second kappa shape index (κ2) is 9.37. The predicted octanol–water partition coefficient (Wildman–Crippen LogP) is 4.97. The summed E-state index contributed by atoms with van der Waals surface area (Å²) in [5.74, 6) is 0. The number of aliphatic hydroxyl groups is 1. The summed E-state index contributed by atoms with van der Waals surface area (Å²) in [5, 5.41) is 12.5. The van der Waals surface area contributed by atoms with Gasteiger partial charge in [-0.05, 0) is 44.5 Å². The Bertz CT molecular complexity index is 626. The average Bonchev–Trinajstić information content (AvgIpc) is 2.55. The van der Waals surface area contributed by atoms with Crippen molar-refractivity contribution in [3.8, 4) is 0 Å². The third-order valence-electron chi connectivity index (χ3n) is 4.95. The standard InChI is InChI=1S/C21H36FNO4Si/c1-20(2,3)26-19(25)23-18(17(22)15-12-10-9-11-13-15)16(14-24)27-28(7,8)21(4,5)6/h9-13,16-18,24H,14H2,1-8H3,(H,23,25)/t16?,17-,18?/m1/s1. The highest BCUT2D eigenvalue weighted by Crippen LogP contribution is 2.38. The summed E-state index contributed by atoms with van der Waals surface area (Å²) < 4.78 is 27.0. The first-order chi connectivity index (χ1) is 12.7. The zero-order valence-electron chi connectivity index (χ0n) is 18.4. The lowest BCUT2D eigenvalue weighted by atomic mass is 9.99. The van der Waals surface area contributed by atoms with E-state index in [1.165, 1.54) is 0 Å². The van der Waals surface area contributed by atoms with Crippen molar-refractivity contribution in [2.45, 2.75) is 83.6 Å². The molecule has 2 unspecified atom stereocenters. The third kappa shape index (κ3) is 7.18. The van der Waals surface area contributed by atoms with E-state index in [-0.39, 0.29) is 5.04 Å². The summed E-state index contributed by atoms with van der Waals surface area (Å²) in [5.41, 5.74) is -0.316. The van der Waals surface area contributed by atoms with Crippen LogP contribution in [0.1, 0.15) is 53.3 Å². The van der Waals surface area contributed by atoms with Gasteiger partial charge >= 0.3 is 6.09 Å². The molecule has 1 aromatic carbocycles. The number of carbonyl (C=O) groups is 1. The van der Waals surface area contributed by atoms with E-state index in [4.69, 9.17) is 9.16 Å². The average molecular weight is 414 g/mol. The minimum absolute atomic E-state index is 0.130. The zero-order valence-corrected chi connectivity index (χ0v) is 19.4. The van der Waals surface area contributed by atoms with Gasteiger partial charge < -0.3 is 19.6 Å². The van der Waals surface area contributed by atoms with Gasteiger partial charge in [-0.25, -0.2) is 9.18 Å². The predicted molar refractivity (Wildman–Crippen MR) is 113 cm³/mol. The molecule has 0 aliphatic heterocycles. The highest BCUT2D eigenvalue weighted by molar-refractivity contribution is 6.74. The lowest BCUT2D eigenvalue weighted by Gasteiger charge is -2.41. The number of ether oxygens (including phenoxy) is 1. The number of amides is 1. The van der Waals surface area contributed by atoms with Crippen molar-refractivity contribution in [1.82, 2.24) is 5.32 Å². The van der Waals surface area contributed by atoms with Crippen LogP contribution in [0, 0.1) is 0 Å². The van der Waals surface area contributed by atoms with Gasteiger partial charge in [-0.3, -0.25) is 0 Å². The molecule has 7 heteroatoms. The fraction of sp³-hybridized carbons (Fsp3) is 0.667. The van der Waals surface area contributed by atoms with Crippen LogP contribution in [0.25, 0.3) is 0 Å². The molecule has 1 aromatic rings. The molecule has 1 rings (SSSR count). The molecule has 0 bridgehead atoms. The fourth-order valence-corrected chi connectivity index (χ4v) is 3.75. The molecule has 1 amide bonds. The van der Waals surface area contributed by atoms with Crippen molar-refractivity contribution in [2.75, 3.05) is 6.61 Å². The summed E-state index contributed by atoms with van der Waals surface area (Å²) in [4.78, 5) is 12.4. The van der Waals surface area contributed by atoms with Gasteiger partial charge in [0.15, 0.2) is 8.32 Å². The highest BCUT2D eigenvalue weighted by atomic mass is 28.4. The largest absolute Gasteiger partial charge is 0.444 e. The molecule has 0 aromatic heterocycles. The van der Waals surface area contributed by atoms with Crippen molar-refractivity contribution < 1.29 is 23.5 Å². The molecule has 2 N–H and O–H groups in total. The van der Waals surface area contributed by atoms with Gasteiger partial charge in [0, 0.05) is 0 Å². The van der Waals surface area contributed by atoms with Crippen LogP contribution in [0.4, 0.5) is 9.18 Å². The molecule has 5 nitrogen and oxygen atoms in total. The minimum atomic E-state index is -2.32. The molecule has 0 fully saturated rings. The van der Waals surface area contributed by atoms with Gasteiger partial charge in [-0.1, -0.05) is 51.1 Å². The molecule has 0 aliphatic rings. The van der Waals surface area contributed by atoms with Crippen molar-refractivity contribution in [3.63, 3.8) is 0 Å². The number of hydrogen-bond acceptors (Lipinski definition) is 4. The molecule has 0 saturated carbocycles. The normalized spacial score (nSPS) is 16.2. The molecule has 28 heavy (non-hydrogen) atoms. The molecule has 0 heterocycles. The van der Waals surface area contributed by atoms with Crippen LogP contribution in [0.2, 0.25) is 18.1 Å². The Morgan fingerprint density at radius 2 is 1.68 bits per heavy atom. The minimum Gasteiger partial charge on any atom is -0.444 e. The number of hydrogen-bond donors (Lipinski definition) is 2. The van der Waals surface area contributed by atoms with Crippen molar-refractivity contribution >= 4 is 14.4 Å². The number of rotatable bonds is 7. The van der Waals surface area contributed by atoms with E-state index in [9.17, 15) is 9.90 Å². The smallest absolute Gasteiger partial charge is 0.408 e. The third-order valence-corrected chi connectivity index (χ3v) is 9.45. The van der Waals surface area contributed by atoms with E-state index >= 15 is 4.39 Å². The van der Waals surface area contributed by atoms with Gasteiger partial charge in [0.05, 0.1) is 18.8 Å². The van der Waals surface area contributed by atoms with Crippen LogP contribution >= 0.6 is 0 Å². The summed E-state index contributed by atoms with van der Waals surface area (Å²) in [7, 11) is -2.32. The monoisotopic (exact) mass is 413 g/mol. The SMILES string of the molecule is CC(C)(C)OC(=O)NC(C(CO)O[Si](C)(C)C(C)(C)C)[C@H](F)c1ccccc1. The molecule has 0 spiro atoms. The number of alkyl halides is 1. The summed E-state index contributed by atoms with van der Waals surface area (Å²) in [6.07, 6.45) is -3.20. The van der Waals surface area contributed by atoms with Crippen LogP contribution in [-0.2, 0) is 9.16 Å². The number of carbonyl (C=O) groups excluding carboxylic acids is 1. The van der Waals surface area contributed by atoms with E-state index < -0.39 is 44.9 Å². The molecule has 0 saturated heterocycles. The van der Waals surface area contributed by atoms with Crippen LogP contribution in [0.5, 0.6) is 0 Å². The molecule has 0 aliphatic carbocycles. The summed E-state index contributed by atoms with van der Waals surface area (Å²) in [6.45, 7) is 15.0. The number of aliphatic hydroxyl groups excluding tert-OH is 1. The first kappa shape index (κ1) is 24.6.